The SMILES string of the molecule is C=C(CN=C(c1ccccc1)c1ccccn1)/C(=C\C=C/C)P(c1ccccc1)c1ccccc1. The molecule has 0 fully saturated rings. The summed E-state index contributed by atoms with van der Waals surface area (Å²) < 4.78 is 0. The van der Waals surface area contributed by atoms with Crippen LogP contribution >= 0.6 is 7.92 Å². The Morgan fingerprint density at radius 3 is 1.91 bits per heavy atom. The van der Waals surface area contributed by atoms with Gasteiger partial charge in [-0.3, -0.25) is 9.98 Å². The van der Waals surface area contributed by atoms with E-state index >= 15 is 0 Å². The third-order valence-corrected chi connectivity index (χ3v) is 8.04. The van der Waals surface area contributed by atoms with Crippen LogP contribution in [0.15, 0.2) is 156 Å². The van der Waals surface area contributed by atoms with Gasteiger partial charge in [-0.2, -0.15) is 0 Å². The smallest absolute Gasteiger partial charge is 0.0907 e. The largest absolute Gasteiger partial charge is 0.278 e. The Morgan fingerprint density at radius 1 is 0.800 bits per heavy atom. The monoisotopic (exact) mass is 472 g/mol. The lowest BCUT2D eigenvalue weighted by atomic mass is 10.1. The summed E-state index contributed by atoms with van der Waals surface area (Å²) in [6.07, 6.45) is 8.17. The molecule has 1 heterocycles. The van der Waals surface area contributed by atoms with Gasteiger partial charge in [0.25, 0.3) is 0 Å². The zero-order chi connectivity index (χ0) is 24.3. The van der Waals surface area contributed by atoms with Crippen LogP contribution in [0.3, 0.4) is 0 Å². The molecule has 2 nitrogen and oxygen atoms in total. The number of hydrogen-bond donors (Lipinski definition) is 0. The Hall–Kier alpha value is -3.87. The van der Waals surface area contributed by atoms with Crippen molar-refractivity contribution < 1.29 is 0 Å². The molecular weight excluding hydrogens is 443 g/mol. The minimum Gasteiger partial charge on any atom is -0.278 e. The van der Waals surface area contributed by atoms with Gasteiger partial charge < -0.3 is 0 Å². The first-order valence-corrected chi connectivity index (χ1v) is 13.0. The molecule has 0 unspecified atom stereocenters. The Bertz CT molecular complexity index is 1230. The fourth-order valence-corrected chi connectivity index (χ4v) is 6.21. The van der Waals surface area contributed by atoms with Gasteiger partial charge in [-0.15, -0.1) is 0 Å². The van der Waals surface area contributed by atoms with Gasteiger partial charge in [0.05, 0.1) is 18.0 Å². The summed E-state index contributed by atoms with van der Waals surface area (Å²) in [6.45, 7) is 7.05. The van der Waals surface area contributed by atoms with Gasteiger partial charge in [-0.05, 0) is 48.5 Å². The summed E-state index contributed by atoms with van der Waals surface area (Å²) in [5.41, 5.74) is 3.79. The van der Waals surface area contributed by atoms with Gasteiger partial charge in [-0.1, -0.05) is 122 Å². The first-order valence-electron chi connectivity index (χ1n) is 11.7. The lowest BCUT2D eigenvalue weighted by molar-refractivity contribution is 1.16. The quantitative estimate of drug-likeness (QED) is 0.145. The number of rotatable bonds is 9. The Kier molecular flexibility index (Phi) is 8.70. The first-order chi connectivity index (χ1) is 17.3. The molecule has 0 aliphatic carbocycles. The molecule has 172 valence electrons. The van der Waals surface area contributed by atoms with Gasteiger partial charge in [0.15, 0.2) is 0 Å². The van der Waals surface area contributed by atoms with Crippen LogP contribution < -0.4 is 10.6 Å². The van der Waals surface area contributed by atoms with Gasteiger partial charge in [0, 0.05) is 11.8 Å². The Balaban J connectivity index is 1.75. The van der Waals surface area contributed by atoms with E-state index in [-0.39, 0.29) is 0 Å². The second-order valence-electron chi connectivity index (χ2n) is 7.93. The maximum absolute atomic E-state index is 5.06. The molecule has 0 spiro atoms. The van der Waals surface area contributed by atoms with Crippen molar-refractivity contribution in [3.8, 4) is 0 Å². The highest BCUT2D eigenvalue weighted by Crippen LogP contribution is 2.46. The Labute approximate surface area is 209 Å². The van der Waals surface area contributed by atoms with E-state index in [9.17, 15) is 0 Å². The van der Waals surface area contributed by atoms with E-state index in [1.807, 2.05) is 49.5 Å². The number of pyridine rings is 1. The second kappa shape index (κ2) is 12.6. The fraction of sp³-hybridized carbons (Fsp3) is 0.0625. The van der Waals surface area contributed by atoms with E-state index in [2.05, 4.69) is 103 Å². The highest BCUT2D eigenvalue weighted by atomic mass is 31.1. The van der Waals surface area contributed by atoms with E-state index in [0.29, 0.717) is 6.54 Å². The average molecular weight is 473 g/mol. The normalized spacial score (nSPS) is 12.3. The standard InChI is InChI=1S/C32H29N2P/c1-3-4-23-31(35(28-18-10-6-11-19-28)29-20-12-7-13-21-29)26(2)25-34-32(27-16-8-5-9-17-27)30-22-14-15-24-33-30/h3-24H,2,25H2,1H3/b4-3-,31-23+,34-32?. The number of benzene rings is 3. The molecule has 0 saturated carbocycles. The van der Waals surface area contributed by atoms with E-state index in [1.165, 1.54) is 15.9 Å². The van der Waals surface area contributed by atoms with Gasteiger partial charge in [0.1, 0.15) is 0 Å². The second-order valence-corrected chi connectivity index (χ2v) is 10.1. The summed E-state index contributed by atoms with van der Waals surface area (Å²) in [4.78, 5) is 9.64. The molecule has 0 N–H and O–H groups in total. The van der Waals surface area contributed by atoms with Crippen molar-refractivity contribution in [2.45, 2.75) is 6.92 Å². The van der Waals surface area contributed by atoms with Crippen LogP contribution in [0.5, 0.6) is 0 Å². The molecular formula is C32H29N2P. The predicted molar refractivity (Wildman–Crippen MR) is 152 cm³/mol. The summed E-state index contributed by atoms with van der Waals surface area (Å²) in [6, 6.07) is 37.6. The third kappa shape index (κ3) is 6.38. The zero-order valence-corrected chi connectivity index (χ0v) is 20.9. The molecule has 0 aliphatic heterocycles. The number of aromatic nitrogens is 1. The van der Waals surface area contributed by atoms with Crippen LogP contribution in [0.4, 0.5) is 0 Å². The topological polar surface area (TPSA) is 25.2 Å². The molecule has 3 heteroatoms. The van der Waals surface area contributed by atoms with Crippen LogP contribution in [0.2, 0.25) is 0 Å². The van der Waals surface area contributed by atoms with Crippen molar-refractivity contribution in [1.82, 2.24) is 4.98 Å². The van der Waals surface area contributed by atoms with Crippen molar-refractivity contribution in [1.29, 1.82) is 0 Å². The maximum atomic E-state index is 5.06. The summed E-state index contributed by atoms with van der Waals surface area (Å²) in [5, 5.41) is 3.80. The number of aliphatic imine (C=N–C) groups is 1. The van der Waals surface area contributed by atoms with E-state index in [0.717, 1.165) is 22.5 Å². The molecule has 0 aliphatic rings. The van der Waals surface area contributed by atoms with Crippen LogP contribution in [-0.2, 0) is 0 Å². The lowest BCUT2D eigenvalue weighted by Gasteiger charge is -2.23. The molecule has 4 rings (SSSR count). The minimum absolute atomic E-state index is 0.489. The van der Waals surface area contributed by atoms with Gasteiger partial charge in [0.2, 0.25) is 0 Å². The van der Waals surface area contributed by atoms with Gasteiger partial charge >= 0.3 is 0 Å². The van der Waals surface area contributed by atoms with E-state index < -0.39 is 7.92 Å². The Morgan fingerprint density at radius 2 is 1.37 bits per heavy atom. The molecule has 0 amide bonds. The van der Waals surface area contributed by atoms with Crippen molar-refractivity contribution in [3.63, 3.8) is 0 Å². The highest BCUT2D eigenvalue weighted by molar-refractivity contribution is 7.77. The van der Waals surface area contributed by atoms with Crippen LogP contribution in [0, 0.1) is 0 Å². The van der Waals surface area contributed by atoms with Crippen molar-refractivity contribution in [3.05, 3.63) is 162 Å². The molecule has 0 radical (unpaired) electrons. The molecule has 3 aromatic carbocycles. The van der Waals surface area contributed by atoms with E-state index in [1.54, 1.807) is 0 Å². The lowest BCUT2D eigenvalue weighted by Crippen LogP contribution is -2.15. The fourth-order valence-electron chi connectivity index (χ4n) is 3.79. The molecule has 0 bridgehead atoms. The molecule has 0 atom stereocenters. The summed E-state index contributed by atoms with van der Waals surface area (Å²) in [7, 11) is -0.779. The molecule has 35 heavy (non-hydrogen) atoms. The highest BCUT2D eigenvalue weighted by Gasteiger charge is 2.20. The van der Waals surface area contributed by atoms with Crippen molar-refractivity contribution >= 4 is 24.2 Å². The summed E-state index contributed by atoms with van der Waals surface area (Å²) >= 11 is 0. The molecule has 1 aromatic heterocycles. The van der Waals surface area contributed by atoms with Crippen molar-refractivity contribution in [2.75, 3.05) is 6.54 Å². The molecule has 4 aromatic rings. The predicted octanol–water partition coefficient (Wildman–Crippen LogP) is 7.07. The van der Waals surface area contributed by atoms with Crippen LogP contribution in [0.1, 0.15) is 18.2 Å². The van der Waals surface area contributed by atoms with E-state index in [4.69, 9.17) is 4.99 Å². The maximum Gasteiger partial charge on any atom is 0.0907 e. The number of allylic oxidation sites excluding steroid dienone is 3. The first kappa shape index (κ1) is 24.3. The van der Waals surface area contributed by atoms with Gasteiger partial charge in [-0.25, -0.2) is 0 Å². The van der Waals surface area contributed by atoms with Crippen LogP contribution in [-0.4, -0.2) is 17.2 Å². The van der Waals surface area contributed by atoms with Crippen LogP contribution in [0.25, 0.3) is 0 Å². The van der Waals surface area contributed by atoms with Crippen molar-refractivity contribution in [2.24, 2.45) is 4.99 Å². The number of hydrogen-bond acceptors (Lipinski definition) is 2. The summed E-state index contributed by atoms with van der Waals surface area (Å²) in [5.74, 6) is 0. The minimum atomic E-state index is -0.779. The zero-order valence-electron chi connectivity index (χ0n) is 20.0. The molecule has 0 saturated heterocycles. The average Bonchev–Trinajstić information content (AvgIpc) is 2.93. The number of nitrogens with zero attached hydrogens (tertiary/aromatic N) is 2. The third-order valence-electron chi connectivity index (χ3n) is 5.46.